The summed E-state index contributed by atoms with van der Waals surface area (Å²) in [5.74, 6) is -1.40. The third-order valence-electron chi connectivity index (χ3n) is 4.76. The van der Waals surface area contributed by atoms with E-state index in [1.807, 2.05) is 30.3 Å². The molecule has 6 nitrogen and oxygen atoms in total. The zero-order chi connectivity index (χ0) is 19.4. The molecule has 0 spiro atoms. The van der Waals surface area contributed by atoms with Gasteiger partial charge in [-0.05, 0) is 37.1 Å². The van der Waals surface area contributed by atoms with Crippen molar-refractivity contribution in [2.24, 2.45) is 0 Å². The summed E-state index contributed by atoms with van der Waals surface area (Å²) in [4.78, 5) is 39.6. The number of aliphatic carboxylic acids is 1. The molecule has 1 fully saturated rings. The standard InChI is InChI=1S/C21H22N2O4/c1-15(21(26)27)23(14-16-7-3-2-4-8-16)20(25)17-9-5-10-18(13-17)22-12-6-11-19(22)24/h2-5,7-10,13,15H,6,11-12,14H2,1H3,(H,26,27). The molecule has 0 aliphatic carbocycles. The fourth-order valence-electron chi connectivity index (χ4n) is 3.19. The molecule has 0 radical (unpaired) electrons. The molecular weight excluding hydrogens is 344 g/mol. The molecule has 1 aliphatic heterocycles. The summed E-state index contributed by atoms with van der Waals surface area (Å²) in [5, 5.41) is 9.44. The lowest BCUT2D eigenvalue weighted by Gasteiger charge is -2.27. The second-order valence-corrected chi connectivity index (χ2v) is 6.63. The van der Waals surface area contributed by atoms with Gasteiger partial charge in [0.25, 0.3) is 5.91 Å². The Morgan fingerprint density at radius 2 is 1.89 bits per heavy atom. The predicted octanol–water partition coefficient (Wildman–Crippen LogP) is 2.93. The Balaban J connectivity index is 1.89. The highest BCUT2D eigenvalue weighted by Crippen LogP contribution is 2.23. The van der Waals surface area contributed by atoms with Gasteiger partial charge in [0, 0.05) is 30.8 Å². The van der Waals surface area contributed by atoms with Gasteiger partial charge in [-0.25, -0.2) is 4.79 Å². The summed E-state index contributed by atoms with van der Waals surface area (Å²) in [6.45, 7) is 2.33. The summed E-state index contributed by atoms with van der Waals surface area (Å²) in [6, 6.07) is 15.1. The first-order valence-electron chi connectivity index (χ1n) is 8.95. The minimum Gasteiger partial charge on any atom is -0.480 e. The molecule has 0 bridgehead atoms. The number of benzene rings is 2. The van der Waals surface area contributed by atoms with E-state index < -0.39 is 12.0 Å². The van der Waals surface area contributed by atoms with Gasteiger partial charge in [-0.3, -0.25) is 9.59 Å². The SMILES string of the molecule is CC(C(=O)O)N(Cc1ccccc1)C(=O)c1cccc(N2CCCC2=O)c1. The summed E-state index contributed by atoms with van der Waals surface area (Å²) in [6.07, 6.45) is 1.31. The Bertz CT molecular complexity index is 850. The normalized spacial score (nSPS) is 14.9. The molecule has 2 aromatic rings. The second kappa shape index (κ2) is 8.03. The number of hydrogen-bond acceptors (Lipinski definition) is 3. The van der Waals surface area contributed by atoms with Crippen LogP contribution in [-0.2, 0) is 16.1 Å². The number of hydrogen-bond donors (Lipinski definition) is 1. The minimum absolute atomic E-state index is 0.0413. The fourth-order valence-corrected chi connectivity index (χ4v) is 3.19. The Kier molecular flexibility index (Phi) is 5.54. The van der Waals surface area contributed by atoms with E-state index in [0.717, 1.165) is 12.0 Å². The van der Waals surface area contributed by atoms with E-state index in [9.17, 15) is 19.5 Å². The Morgan fingerprint density at radius 1 is 1.15 bits per heavy atom. The van der Waals surface area contributed by atoms with Crippen molar-refractivity contribution in [3.05, 3.63) is 65.7 Å². The predicted molar refractivity (Wildman–Crippen MR) is 101 cm³/mol. The average Bonchev–Trinajstić information content (AvgIpc) is 3.12. The highest BCUT2D eigenvalue weighted by atomic mass is 16.4. The van der Waals surface area contributed by atoms with Gasteiger partial charge in [0.05, 0.1) is 0 Å². The molecule has 1 aliphatic rings. The van der Waals surface area contributed by atoms with E-state index in [1.54, 1.807) is 29.2 Å². The maximum atomic E-state index is 13.1. The monoisotopic (exact) mass is 366 g/mol. The molecule has 0 saturated carbocycles. The first kappa shape index (κ1) is 18.6. The lowest BCUT2D eigenvalue weighted by Crippen LogP contribution is -2.42. The molecule has 27 heavy (non-hydrogen) atoms. The number of carboxylic acid groups (broad SMARTS) is 1. The third kappa shape index (κ3) is 4.16. The van der Waals surface area contributed by atoms with Gasteiger partial charge in [-0.15, -0.1) is 0 Å². The lowest BCUT2D eigenvalue weighted by atomic mass is 10.1. The number of rotatable bonds is 6. The van der Waals surface area contributed by atoms with E-state index in [2.05, 4.69) is 0 Å². The Labute approximate surface area is 158 Å². The van der Waals surface area contributed by atoms with Gasteiger partial charge in [-0.1, -0.05) is 36.4 Å². The number of nitrogens with zero attached hydrogens (tertiary/aromatic N) is 2. The molecule has 1 unspecified atom stereocenters. The average molecular weight is 366 g/mol. The Hall–Kier alpha value is -3.15. The van der Waals surface area contributed by atoms with Gasteiger partial charge in [-0.2, -0.15) is 0 Å². The molecule has 1 heterocycles. The largest absolute Gasteiger partial charge is 0.480 e. The van der Waals surface area contributed by atoms with Crippen LogP contribution in [0.4, 0.5) is 5.69 Å². The van der Waals surface area contributed by atoms with Crippen LogP contribution in [0.1, 0.15) is 35.7 Å². The molecule has 6 heteroatoms. The lowest BCUT2D eigenvalue weighted by molar-refractivity contribution is -0.141. The molecular formula is C21H22N2O4. The highest BCUT2D eigenvalue weighted by molar-refractivity contribution is 6.00. The number of carbonyl (C=O) groups excluding carboxylic acids is 2. The Morgan fingerprint density at radius 3 is 2.52 bits per heavy atom. The van der Waals surface area contributed by atoms with Gasteiger partial charge < -0.3 is 14.9 Å². The van der Waals surface area contributed by atoms with Gasteiger partial charge in [0.15, 0.2) is 0 Å². The number of carboxylic acids is 1. The number of amides is 2. The van der Waals surface area contributed by atoms with Crippen LogP contribution in [0.5, 0.6) is 0 Å². The molecule has 140 valence electrons. The summed E-state index contributed by atoms with van der Waals surface area (Å²) in [7, 11) is 0. The van der Waals surface area contributed by atoms with Crippen molar-refractivity contribution in [3.8, 4) is 0 Å². The van der Waals surface area contributed by atoms with Crippen LogP contribution in [0.2, 0.25) is 0 Å². The van der Waals surface area contributed by atoms with Gasteiger partial charge in [0.2, 0.25) is 5.91 Å². The van der Waals surface area contributed by atoms with E-state index in [0.29, 0.717) is 24.2 Å². The van der Waals surface area contributed by atoms with Crippen LogP contribution in [0.25, 0.3) is 0 Å². The van der Waals surface area contributed by atoms with Crippen molar-refractivity contribution in [3.63, 3.8) is 0 Å². The van der Waals surface area contributed by atoms with Crippen molar-refractivity contribution in [2.75, 3.05) is 11.4 Å². The molecule has 2 aromatic carbocycles. The van der Waals surface area contributed by atoms with Gasteiger partial charge >= 0.3 is 5.97 Å². The molecule has 0 aromatic heterocycles. The summed E-state index contributed by atoms with van der Waals surface area (Å²) in [5.41, 5.74) is 1.90. The van der Waals surface area contributed by atoms with E-state index >= 15 is 0 Å². The summed E-state index contributed by atoms with van der Waals surface area (Å²) < 4.78 is 0. The minimum atomic E-state index is -1.06. The zero-order valence-electron chi connectivity index (χ0n) is 15.2. The third-order valence-corrected chi connectivity index (χ3v) is 4.76. The van der Waals surface area contributed by atoms with E-state index in [-0.39, 0.29) is 18.4 Å². The molecule has 1 atom stereocenters. The topological polar surface area (TPSA) is 77.9 Å². The molecule has 3 rings (SSSR count). The van der Waals surface area contributed by atoms with Crippen LogP contribution in [-0.4, -0.2) is 40.4 Å². The molecule has 1 saturated heterocycles. The van der Waals surface area contributed by atoms with Crippen LogP contribution in [0.3, 0.4) is 0 Å². The summed E-state index contributed by atoms with van der Waals surface area (Å²) >= 11 is 0. The van der Waals surface area contributed by atoms with Crippen molar-refractivity contribution >= 4 is 23.5 Å². The maximum Gasteiger partial charge on any atom is 0.326 e. The fraction of sp³-hybridized carbons (Fsp3) is 0.286. The van der Waals surface area contributed by atoms with Crippen LogP contribution in [0, 0.1) is 0 Å². The molecule has 1 N–H and O–H groups in total. The van der Waals surface area contributed by atoms with Crippen LogP contribution < -0.4 is 4.90 Å². The van der Waals surface area contributed by atoms with Crippen molar-refractivity contribution in [2.45, 2.75) is 32.4 Å². The smallest absolute Gasteiger partial charge is 0.326 e. The second-order valence-electron chi connectivity index (χ2n) is 6.63. The van der Waals surface area contributed by atoms with Gasteiger partial charge in [0.1, 0.15) is 6.04 Å². The van der Waals surface area contributed by atoms with Crippen molar-refractivity contribution in [1.82, 2.24) is 4.90 Å². The van der Waals surface area contributed by atoms with Crippen molar-refractivity contribution in [1.29, 1.82) is 0 Å². The van der Waals surface area contributed by atoms with Crippen LogP contribution in [0.15, 0.2) is 54.6 Å². The first-order valence-corrected chi connectivity index (χ1v) is 8.95. The molecule has 2 amide bonds. The number of anilines is 1. The quantitative estimate of drug-likeness (QED) is 0.853. The van der Waals surface area contributed by atoms with Crippen molar-refractivity contribution < 1.29 is 19.5 Å². The maximum absolute atomic E-state index is 13.1. The van der Waals surface area contributed by atoms with Crippen LogP contribution >= 0.6 is 0 Å². The highest BCUT2D eigenvalue weighted by Gasteiger charge is 2.28. The van der Waals surface area contributed by atoms with E-state index in [4.69, 9.17) is 0 Å². The number of carbonyl (C=O) groups is 3. The first-order chi connectivity index (χ1) is 13.0. The van der Waals surface area contributed by atoms with E-state index in [1.165, 1.54) is 11.8 Å². The zero-order valence-corrected chi connectivity index (χ0v) is 15.2.